The van der Waals surface area contributed by atoms with E-state index in [1.807, 2.05) is 56.3 Å². The molecule has 0 saturated heterocycles. The molecule has 1 aromatic rings. The van der Waals surface area contributed by atoms with E-state index >= 15 is 0 Å². The Labute approximate surface area is 176 Å². The van der Waals surface area contributed by atoms with Gasteiger partial charge in [0.15, 0.2) is 0 Å². The van der Waals surface area contributed by atoms with E-state index in [1.165, 1.54) is 0 Å². The molecule has 1 aromatic carbocycles. The fourth-order valence-electron chi connectivity index (χ4n) is 2.51. The summed E-state index contributed by atoms with van der Waals surface area (Å²) in [6.45, 7) is 8.34. The molecule has 28 heavy (non-hydrogen) atoms. The van der Waals surface area contributed by atoms with Crippen molar-refractivity contribution in [2.45, 2.75) is 20.3 Å². The second kappa shape index (κ2) is 11.5. The molecule has 0 atom stereocenters. The lowest BCUT2D eigenvalue weighted by Crippen LogP contribution is -2.33. The summed E-state index contributed by atoms with van der Waals surface area (Å²) in [5.41, 5.74) is 2.60. The second-order valence-corrected chi connectivity index (χ2v) is 6.53. The third-order valence-electron chi connectivity index (χ3n) is 3.74. The lowest BCUT2D eigenvalue weighted by Gasteiger charge is -2.23. The summed E-state index contributed by atoms with van der Waals surface area (Å²) >= 11 is 12.3. The lowest BCUT2D eigenvalue weighted by molar-refractivity contribution is 0.247. The average molecular weight is 419 g/mol. The highest BCUT2D eigenvalue weighted by molar-refractivity contribution is 6.34. The Morgan fingerprint density at radius 1 is 1.39 bits per heavy atom. The van der Waals surface area contributed by atoms with E-state index in [4.69, 9.17) is 33.0 Å². The minimum atomic E-state index is 0.330. The van der Waals surface area contributed by atoms with Crippen LogP contribution in [0.1, 0.15) is 25.8 Å². The first kappa shape index (κ1) is 21.9. The molecule has 2 rings (SSSR count). The number of benzene rings is 1. The first-order valence-electron chi connectivity index (χ1n) is 8.95. The molecule has 1 heterocycles. The molecule has 0 unspecified atom stereocenters. The number of halogens is 2. The molecule has 0 bridgehead atoms. The highest BCUT2D eigenvalue weighted by Crippen LogP contribution is 2.21. The summed E-state index contributed by atoms with van der Waals surface area (Å²) in [6.07, 6.45) is 8.02. The normalized spacial score (nSPS) is 15.5. The molecule has 7 heteroatoms. The van der Waals surface area contributed by atoms with Crippen LogP contribution in [0, 0.1) is 0 Å². The first-order chi connectivity index (χ1) is 13.6. The maximum Gasteiger partial charge on any atom is 0.316 e. The van der Waals surface area contributed by atoms with Gasteiger partial charge in [0, 0.05) is 22.9 Å². The van der Waals surface area contributed by atoms with Crippen molar-refractivity contribution in [2.24, 2.45) is 15.1 Å². The monoisotopic (exact) mass is 418 g/mol. The van der Waals surface area contributed by atoms with Gasteiger partial charge in [-0.1, -0.05) is 60.7 Å². The number of hydrogen-bond acceptors (Lipinski definition) is 5. The Bertz CT molecular complexity index is 841. The number of amidine groups is 2. The second-order valence-electron chi connectivity index (χ2n) is 5.81. The summed E-state index contributed by atoms with van der Waals surface area (Å²) in [5.74, 6) is 1.08. The summed E-state index contributed by atoms with van der Waals surface area (Å²) in [4.78, 5) is 8.71. The minimum absolute atomic E-state index is 0.330. The van der Waals surface area contributed by atoms with E-state index in [9.17, 15) is 0 Å². The Balaban J connectivity index is 2.46. The number of hydrazone groups is 1. The smallest absolute Gasteiger partial charge is 0.316 e. The summed E-state index contributed by atoms with van der Waals surface area (Å²) < 4.78 is 5.64. The Morgan fingerprint density at radius 2 is 2.18 bits per heavy atom. The van der Waals surface area contributed by atoms with Crippen LogP contribution in [0.2, 0.25) is 5.02 Å². The molecular formula is C21H24Cl2N4O. The van der Waals surface area contributed by atoms with Crippen molar-refractivity contribution in [1.82, 2.24) is 5.01 Å². The van der Waals surface area contributed by atoms with Gasteiger partial charge in [-0.25, -0.2) is 4.99 Å². The van der Waals surface area contributed by atoms with Crippen LogP contribution in [-0.4, -0.2) is 41.7 Å². The summed E-state index contributed by atoms with van der Waals surface area (Å²) in [5, 5.41) is 7.05. The van der Waals surface area contributed by atoms with E-state index in [0.29, 0.717) is 42.5 Å². The van der Waals surface area contributed by atoms with Crippen molar-refractivity contribution in [3.63, 3.8) is 0 Å². The molecule has 0 fully saturated rings. The van der Waals surface area contributed by atoms with Gasteiger partial charge in [0.2, 0.25) is 0 Å². The topological polar surface area (TPSA) is 49.5 Å². The van der Waals surface area contributed by atoms with E-state index in [0.717, 1.165) is 16.8 Å². The van der Waals surface area contributed by atoms with Crippen molar-refractivity contribution in [1.29, 1.82) is 0 Å². The zero-order valence-corrected chi connectivity index (χ0v) is 17.6. The minimum Gasteiger partial charge on any atom is -0.464 e. The van der Waals surface area contributed by atoms with Gasteiger partial charge in [-0.2, -0.15) is 15.1 Å². The number of hydrogen-bond donors (Lipinski definition) is 0. The van der Waals surface area contributed by atoms with E-state index in [-0.39, 0.29) is 0 Å². The summed E-state index contributed by atoms with van der Waals surface area (Å²) in [7, 11) is 0. The van der Waals surface area contributed by atoms with Crippen molar-refractivity contribution in [2.75, 3.05) is 19.2 Å². The standard InChI is InChI=1S/C21H24Cl2N4O/c1-4-9-17(10-8-13-22)14-20(18-11-6-7-12-19(18)23)26-27-15-24-16(3)25-21(27)28-5-2/h4,6-12H,1,5,13-15H2,2-3H3/b10-8-,17-9+,26-20+. The van der Waals surface area contributed by atoms with Crippen LogP contribution in [0.5, 0.6) is 0 Å². The highest BCUT2D eigenvalue weighted by atomic mass is 35.5. The molecule has 0 radical (unpaired) electrons. The van der Waals surface area contributed by atoms with Crippen LogP contribution in [0.3, 0.4) is 0 Å². The van der Waals surface area contributed by atoms with Crippen LogP contribution < -0.4 is 0 Å². The van der Waals surface area contributed by atoms with Gasteiger partial charge < -0.3 is 4.74 Å². The lowest BCUT2D eigenvalue weighted by atomic mass is 10.0. The van der Waals surface area contributed by atoms with Crippen molar-refractivity contribution in [3.05, 3.63) is 71.3 Å². The zero-order valence-electron chi connectivity index (χ0n) is 16.1. The molecular weight excluding hydrogens is 395 g/mol. The Hall–Kier alpha value is -2.37. The van der Waals surface area contributed by atoms with Gasteiger partial charge in [-0.3, -0.25) is 0 Å². The summed E-state index contributed by atoms with van der Waals surface area (Å²) in [6, 6.07) is 8.02. The number of ether oxygens (including phenoxy) is 1. The quantitative estimate of drug-likeness (QED) is 0.321. The molecule has 148 valence electrons. The van der Waals surface area contributed by atoms with Gasteiger partial charge in [0.05, 0.1) is 12.3 Å². The van der Waals surface area contributed by atoms with Crippen LogP contribution in [0.15, 0.2) is 75.8 Å². The van der Waals surface area contributed by atoms with Gasteiger partial charge in [0.1, 0.15) is 12.5 Å². The predicted octanol–water partition coefficient (Wildman–Crippen LogP) is 5.43. The molecule has 0 aliphatic carbocycles. The maximum atomic E-state index is 6.46. The third-order valence-corrected chi connectivity index (χ3v) is 4.24. The molecule has 0 saturated carbocycles. The zero-order chi connectivity index (χ0) is 20.4. The van der Waals surface area contributed by atoms with Crippen LogP contribution in [0.25, 0.3) is 0 Å². The first-order valence-corrected chi connectivity index (χ1v) is 9.86. The number of aliphatic imine (C=N–C) groups is 2. The third kappa shape index (κ3) is 6.36. The fourth-order valence-corrected chi connectivity index (χ4v) is 2.84. The van der Waals surface area contributed by atoms with Crippen molar-refractivity contribution >= 4 is 40.8 Å². The fraction of sp³-hybridized carbons (Fsp3) is 0.286. The van der Waals surface area contributed by atoms with Crippen LogP contribution in [-0.2, 0) is 4.74 Å². The molecule has 1 aliphatic rings. The number of alkyl halides is 1. The van der Waals surface area contributed by atoms with Gasteiger partial charge in [-0.05, 0) is 25.5 Å². The average Bonchev–Trinajstić information content (AvgIpc) is 2.68. The van der Waals surface area contributed by atoms with Gasteiger partial charge in [0.25, 0.3) is 0 Å². The SMILES string of the molecule is C=C/C=C(\C=C/CCl)C/C(=N\N1CN=C(C)N=C1OCC)c1ccccc1Cl. The van der Waals surface area contributed by atoms with Crippen molar-refractivity contribution in [3.8, 4) is 0 Å². The largest absolute Gasteiger partial charge is 0.464 e. The van der Waals surface area contributed by atoms with Gasteiger partial charge >= 0.3 is 6.02 Å². The van der Waals surface area contributed by atoms with Crippen molar-refractivity contribution < 1.29 is 4.74 Å². The van der Waals surface area contributed by atoms with Gasteiger partial charge in [-0.15, -0.1) is 11.6 Å². The van der Waals surface area contributed by atoms with Crippen LogP contribution >= 0.6 is 23.2 Å². The molecule has 5 nitrogen and oxygen atoms in total. The number of rotatable bonds is 8. The Morgan fingerprint density at radius 3 is 2.86 bits per heavy atom. The maximum absolute atomic E-state index is 6.46. The number of allylic oxidation sites excluding steroid dienone is 5. The molecule has 0 spiro atoms. The Kier molecular flexibility index (Phi) is 8.98. The molecule has 0 amide bonds. The molecule has 0 aromatic heterocycles. The number of nitrogens with zero attached hydrogens (tertiary/aromatic N) is 4. The van der Waals surface area contributed by atoms with E-state index in [1.54, 1.807) is 11.1 Å². The predicted molar refractivity (Wildman–Crippen MR) is 120 cm³/mol. The highest BCUT2D eigenvalue weighted by Gasteiger charge is 2.19. The van der Waals surface area contributed by atoms with E-state index < -0.39 is 0 Å². The van der Waals surface area contributed by atoms with E-state index in [2.05, 4.69) is 16.6 Å². The molecule has 0 N–H and O–H groups in total. The molecule has 1 aliphatic heterocycles. The van der Waals surface area contributed by atoms with Crippen LogP contribution in [0.4, 0.5) is 0 Å².